The molecule has 0 aliphatic heterocycles. The number of nitrogens with zero attached hydrogens (tertiary/aromatic N) is 4. The van der Waals surface area contributed by atoms with E-state index in [0.717, 1.165) is 16.7 Å². The monoisotopic (exact) mass is 745 g/mol. The van der Waals surface area contributed by atoms with Gasteiger partial charge in [0.05, 0.1) is 0 Å². The van der Waals surface area contributed by atoms with E-state index in [2.05, 4.69) is 20.6 Å². The Morgan fingerprint density at radius 2 is 1.07 bits per heavy atom. The van der Waals surface area contributed by atoms with E-state index in [-0.39, 0.29) is 60.6 Å². The van der Waals surface area contributed by atoms with Gasteiger partial charge in [0, 0.05) is 88.1 Å². The number of carbonyl (C=O) groups excluding carboxylic acids is 2. The Morgan fingerprint density at radius 3 is 1.42 bits per heavy atom. The number of nitrogens with two attached hydrogens (primary N) is 2. The Balaban J connectivity index is -0.000000490. The van der Waals surface area contributed by atoms with Gasteiger partial charge in [-0.1, -0.05) is 12.1 Å². The van der Waals surface area contributed by atoms with Gasteiger partial charge in [0.2, 0.25) is 11.8 Å². The van der Waals surface area contributed by atoms with Crippen molar-refractivity contribution in [1.82, 2.24) is 20.6 Å². The Kier molecular flexibility index (Phi) is 28.4. The molecule has 4 aromatic rings. The number of halogens is 3. The first-order valence-electron chi connectivity index (χ1n) is 12.8. The Bertz CT molecular complexity index is 1270. The molecule has 0 atom stereocenters. The van der Waals surface area contributed by atoms with E-state index in [1.165, 1.54) is 19.4 Å². The molecule has 4 heterocycles. The normalized spacial score (nSPS) is 8.70. The smallest absolute Gasteiger partial charge is 0.217 e. The van der Waals surface area contributed by atoms with Crippen molar-refractivity contribution >= 4 is 36.6 Å². The minimum absolute atomic E-state index is 0. The maximum absolute atomic E-state index is 10.6. The number of rotatable bonds is 6. The van der Waals surface area contributed by atoms with Crippen molar-refractivity contribution in [2.24, 2.45) is 25.6 Å². The van der Waals surface area contributed by atoms with Crippen molar-refractivity contribution in [2.75, 3.05) is 0 Å². The maximum atomic E-state index is 10.6. The van der Waals surface area contributed by atoms with E-state index in [1.54, 1.807) is 24.8 Å². The van der Waals surface area contributed by atoms with Crippen LogP contribution in [0.15, 0.2) is 98.1 Å². The van der Waals surface area contributed by atoms with E-state index in [1.807, 2.05) is 96.5 Å². The average Bonchev–Trinajstić information content (AvgIpc) is 2.97. The molecule has 0 radical (unpaired) electrons. The molecule has 0 unspecified atom stereocenters. The number of aryl methyl sites for hydroxylation is 2. The lowest BCUT2D eigenvalue weighted by atomic mass is 10.3. The zero-order valence-corrected chi connectivity index (χ0v) is 28.8. The highest BCUT2D eigenvalue weighted by atomic mass is 127. The maximum Gasteiger partial charge on any atom is 0.217 e. The van der Waals surface area contributed by atoms with Crippen molar-refractivity contribution in [1.29, 1.82) is 0 Å². The molecule has 0 aliphatic carbocycles. The van der Waals surface area contributed by atoms with Gasteiger partial charge in [0.15, 0.2) is 24.8 Å². The summed E-state index contributed by atoms with van der Waals surface area (Å²) in [4.78, 5) is 28.9. The van der Waals surface area contributed by atoms with Crippen LogP contribution in [0.25, 0.3) is 0 Å². The van der Waals surface area contributed by atoms with Gasteiger partial charge in [-0.2, -0.15) is 0 Å². The van der Waals surface area contributed by atoms with E-state index in [9.17, 15) is 9.59 Å². The van der Waals surface area contributed by atoms with Crippen LogP contribution in [-0.4, -0.2) is 21.8 Å². The summed E-state index contributed by atoms with van der Waals surface area (Å²) in [5.74, 6) is -0.0182. The topological polar surface area (TPSA) is 144 Å². The molecule has 0 bridgehead atoms. The summed E-state index contributed by atoms with van der Waals surface area (Å²) in [5, 5.41) is 5.42. The van der Waals surface area contributed by atoms with Crippen LogP contribution in [0.2, 0.25) is 0 Å². The first-order chi connectivity index (χ1) is 19.2. The lowest BCUT2D eigenvalue weighted by Crippen LogP contribution is -3.00. The predicted octanol–water partition coefficient (Wildman–Crippen LogP) is -0.777. The van der Waals surface area contributed by atoms with Gasteiger partial charge in [0.1, 0.15) is 14.1 Å². The third-order valence-electron chi connectivity index (χ3n) is 5.00. The molecule has 236 valence electrons. The molecule has 4 rings (SSSR count). The molecule has 0 aromatic carbocycles. The van der Waals surface area contributed by atoms with Gasteiger partial charge in [-0.25, -0.2) is 9.13 Å². The van der Waals surface area contributed by atoms with Gasteiger partial charge in [0.25, 0.3) is 0 Å². The second-order valence-electron chi connectivity index (χ2n) is 8.71. The van der Waals surface area contributed by atoms with Crippen molar-refractivity contribution in [2.45, 2.75) is 40.0 Å². The number of hydrogen-bond donors (Lipinski definition) is 4. The summed E-state index contributed by atoms with van der Waals surface area (Å²) in [5.41, 5.74) is 15.1. The molecule has 0 aliphatic rings. The van der Waals surface area contributed by atoms with Crippen LogP contribution < -0.4 is 55.2 Å². The lowest BCUT2D eigenvalue weighted by Gasteiger charge is -1.99. The largest absolute Gasteiger partial charge is 1.00 e. The fraction of sp³-hybridized carbons (Fsp3) is 0.267. The highest BCUT2D eigenvalue weighted by molar-refractivity contribution is 5.85. The van der Waals surface area contributed by atoms with Gasteiger partial charge in [-0.05, 0) is 35.4 Å². The molecule has 10 nitrogen and oxygen atoms in total. The lowest BCUT2D eigenvalue weighted by molar-refractivity contribution is -0.672. The Labute approximate surface area is 284 Å². The zero-order chi connectivity index (χ0) is 29.6. The average molecular weight is 747 g/mol. The molecule has 0 spiro atoms. The summed E-state index contributed by atoms with van der Waals surface area (Å²) in [7, 11) is 3.94. The van der Waals surface area contributed by atoms with Gasteiger partial charge in [-0.15, -0.1) is 24.8 Å². The first kappa shape index (κ1) is 44.2. The minimum Gasteiger partial charge on any atom is -1.00 e. The molecule has 0 saturated heterocycles. The number of aromatic nitrogens is 4. The van der Waals surface area contributed by atoms with Crippen molar-refractivity contribution in [3.63, 3.8) is 0 Å². The standard InChI is InChI=1S/C9H12N2O.C8H10N2O.C7H11N2.C6H8N2.2ClH.HI/c1-8(12)10-6-9-4-3-5-11(2)7-9;1-7(11)10-6-8-3-2-4-9-5-8;1-9-4-2-3-7(5-8)6-9;7-4-6-2-1-3-8-5-6;;;/h3-5,7H,6H2,1-2H3;2-5H,6H2,1H3,(H,10,11);2-4,6H,5,8H2,1H3;1-3,5H,4,7H2;3*1H/q;;+1;;;;. The van der Waals surface area contributed by atoms with Gasteiger partial charge < -0.3 is 46.1 Å². The molecule has 0 fully saturated rings. The summed E-state index contributed by atoms with van der Waals surface area (Å²) in [6, 6.07) is 15.5. The number of carbonyl (C=O) groups is 2. The van der Waals surface area contributed by atoms with Crippen LogP contribution >= 0.6 is 24.8 Å². The predicted molar refractivity (Wildman–Crippen MR) is 169 cm³/mol. The van der Waals surface area contributed by atoms with E-state index >= 15 is 0 Å². The summed E-state index contributed by atoms with van der Waals surface area (Å²) in [6.45, 7) is 5.37. The fourth-order valence-corrected chi connectivity index (χ4v) is 3.00. The molecule has 0 saturated carbocycles. The highest BCUT2D eigenvalue weighted by Gasteiger charge is 1.98. The zero-order valence-electron chi connectivity index (χ0n) is 25.0. The van der Waals surface area contributed by atoms with Crippen LogP contribution in [0.4, 0.5) is 0 Å². The minimum atomic E-state index is -0.0196. The van der Waals surface area contributed by atoms with E-state index in [4.69, 9.17) is 11.5 Å². The van der Waals surface area contributed by atoms with E-state index < -0.39 is 0 Å². The number of amides is 2. The Morgan fingerprint density at radius 1 is 0.674 bits per heavy atom. The number of hydrogen-bond acceptors (Lipinski definition) is 6. The van der Waals surface area contributed by atoms with Gasteiger partial charge >= 0.3 is 0 Å². The van der Waals surface area contributed by atoms with Crippen LogP contribution in [0, 0.1) is 0 Å². The van der Waals surface area contributed by atoms with Crippen LogP contribution in [0.1, 0.15) is 36.1 Å². The van der Waals surface area contributed by atoms with Gasteiger partial charge in [-0.3, -0.25) is 19.6 Å². The van der Waals surface area contributed by atoms with Crippen molar-refractivity contribution < 1.29 is 42.7 Å². The molecule has 43 heavy (non-hydrogen) atoms. The highest BCUT2D eigenvalue weighted by Crippen LogP contribution is 1.94. The molecular formula is C30H44Cl2IN8O2+. The first-order valence-corrected chi connectivity index (χ1v) is 12.8. The second kappa shape index (κ2) is 27.6. The molecular weight excluding hydrogens is 702 g/mol. The van der Waals surface area contributed by atoms with Crippen molar-refractivity contribution in [3.8, 4) is 0 Å². The summed E-state index contributed by atoms with van der Waals surface area (Å²) in [6.07, 6.45) is 14.9. The van der Waals surface area contributed by atoms with Crippen LogP contribution in [-0.2, 0) is 49.9 Å². The van der Waals surface area contributed by atoms with E-state index in [0.29, 0.717) is 26.2 Å². The molecule has 6 N–H and O–H groups in total. The SMILES string of the molecule is CC(=O)NCc1ccc[n+](C)c1.CC(=O)NCc1cccnc1.C[n+]1cccc(CN)c1.Cl.Cl.NCc1cccnc1.[I-]. The summed E-state index contributed by atoms with van der Waals surface area (Å²) >= 11 is 0. The van der Waals surface area contributed by atoms with Crippen molar-refractivity contribution in [3.05, 3.63) is 120 Å². The fourth-order valence-electron chi connectivity index (χ4n) is 3.00. The number of pyridine rings is 4. The molecule has 2 amide bonds. The second-order valence-corrected chi connectivity index (χ2v) is 8.71. The quantitative estimate of drug-likeness (QED) is 0.151. The molecule has 13 heteroatoms. The Hall–Kier alpha value is -3.23. The third-order valence-corrected chi connectivity index (χ3v) is 5.00. The third kappa shape index (κ3) is 24.0. The van der Waals surface area contributed by atoms with Crippen LogP contribution in [0.3, 0.4) is 0 Å². The summed E-state index contributed by atoms with van der Waals surface area (Å²) < 4.78 is 3.94. The molecule has 4 aromatic heterocycles. The number of nitrogens with one attached hydrogen (secondary N) is 2. The van der Waals surface area contributed by atoms with Crippen LogP contribution in [0.5, 0.6) is 0 Å².